The van der Waals surface area contributed by atoms with Crippen molar-refractivity contribution in [3.8, 4) is 0 Å². The molecule has 5 nitrogen and oxygen atoms in total. The zero-order valence-electron chi connectivity index (χ0n) is 16.4. The Hall–Kier alpha value is -3.25. The van der Waals surface area contributed by atoms with Crippen LogP contribution in [0.1, 0.15) is 27.2 Å². The lowest BCUT2D eigenvalue weighted by Crippen LogP contribution is -2.15. The first-order valence-electron chi connectivity index (χ1n) is 9.24. The Labute approximate surface area is 173 Å². The topological polar surface area (TPSA) is 67.8 Å². The highest BCUT2D eigenvalue weighted by Gasteiger charge is 2.13. The zero-order valence-corrected chi connectivity index (χ0v) is 17.2. The van der Waals surface area contributed by atoms with Crippen LogP contribution in [0.3, 0.4) is 0 Å². The van der Waals surface area contributed by atoms with Crippen molar-refractivity contribution in [3.05, 3.63) is 83.3 Å². The number of hydrogen-bond donors (Lipinski definition) is 1. The molecule has 4 aromatic rings. The molecule has 0 aliphatic carbocycles. The summed E-state index contributed by atoms with van der Waals surface area (Å²) in [5, 5.41) is 4.67. The molecule has 4 rings (SSSR count). The van der Waals surface area contributed by atoms with Gasteiger partial charge in [-0.2, -0.15) is 0 Å². The number of pyridine rings is 1. The monoisotopic (exact) mass is 400 g/mol. The molecule has 0 atom stereocenters. The third-order valence-corrected chi connectivity index (χ3v) is 5.49. The summed E-state index contributed by atoms with van der Waals surface area (Å²) in [4.78, 5) is 27.0. The Morgan fingerprint density at radius 2 is 1.76 bits per heavy atom. The van der Waals surface area contributed by atoms with E-state index < -0.39 is 0 Å². The lowest BCUT2D eigenvalue weighted by atomic mass is 10.1. The second kappa shape index (κ2) is 8.01. The number of benzene rings is 2. The number of carbonyl (C=O) groups excluding carboxylic acids is 1. The van der Waals surface area contributed by atoms with Gasteiger partial charge in [-0.15, -0.1) is 0 Å². The molecule has 0 fully saturated rings. The molecule has 0 saturated carbocycles. The zero-order chi connectivity index (χ0) is 20.4. The molecule has 1 amide bonds. The van der Waals surface area contributed by atoms with Gasteiger partial charge < -0.3 is 5.32 Å². The summed E-state index contributed by atoms with van der Waals surface area (Å²) in [6, 6.07) is 15.6. The van der Waals surface area contributed by atoms with Crippen LogP contribution in [0.2, 0.25) is 0 Å². The van der Waals surface area contributed by atoms with Gasteiger partial charge >= 0.3 is 0 Å². The SMILES string of the molecule is Cc1ccc2nc(C)c(C(=O)Nc3ccc(Sc4ncccn4)cc3C)cc2c1. The highest BCUT2D eigenvalue weighted by Crippen LogP contribution is 2.28. The molecule has 144 valence electrons. The van der Waals surface area contributed by atoms with Gasteiger partial charge in [-0.05, 0) is 80.6 Å². The van der Waals surface area contributed by atoms with Crippen LogP contribution in [0.5, 0.6) is 0 Å². The first-order valence-corrected chi connectivity index (χ1v) is 10.1. The van der Waals surface area contributed by atoms with E-state index >= 15 is 0 Å². The van der Waals surface area contributed by atoms with Crippen LogP contribution < -0.4 is 5.32 Å². The maximum Gasteiger partial charge on any atom is 0.257 e. The molecule has 0 bridgehead atoms. The number of carbonyl (C=O) groups is 1. The summed E-state index contributed by atoms with van der Waals surface area (Å²) in [5.74, 6) is -0.159. The van der Waals surface area contributed by atoms with E-state index in [-0.39, 0.29) is 5.91 Å². The Bertz CT molecular complexity index is 1210. The summed E-state index contributed by atoms with van der Waals surface area (Å²) in [6.45, 7) is 5.86. The van der Waals surface area contributed by atoms with Crippen LogP contribution in [0.15, 0.2) is 71.0 Å². The molecule has 0 saturated heterocycles. The van der Waals surface area contributed by atoms with Crippen LogP contribution in [0.4, 0.5) is 5.69 Å². The van der Waals surface area contributed by atoms with E-state index in [2.05, 4.69) is 20.3 Å². The number of anilines is 1. The predicted octanol–water partition coefficient (Wildman–Crippen LogP) is 5.35. The van der Waals surface area contributed by atoms with Gasteiger partial charge in [0.15, 0.2) is 5.16 Å². The van der Waals surface area contributed by atoms with Gasteiger partial charge in [0.2, 0.25) is 0 Å². The second-order valence-electron chi connectivity index (χ2n) is 6.88. The summed E-state index contributed by atoms with van der Waals surface area (Å²) in [7, 11) is 0. The first-order chi connectivity index (χ1) is 14.0. The number of rotatable bonds is 4. The van der Waals surface area contributed by atoms with Crippen molar-refractivity contribution >= 4 is 34.3 Å². The van der Waals surface area contributed by atoms with Crippen molar-refractivity contribution < 1.29 is 4.79 Å². The summed E-state index contributed by atoms with van der Waals surface area (Å²) < 4.78 is 0. The molecule has 0 unspecified atom stereocenters. The van der Waals surface area contributed by atoms with Crippen LogP contribution in [-0.2, 0) is 0 Å². The number of nitrogens with zero attached hydrogens (tertiary/aromatic N) is 3. The van der Waals surface area contributed by atoms with E-state index in [1.807, 2.05) is 63.2 Å². The fourth-order valence-electron chi connectivity index (χ4n) is 3.10. The Kier molecular flexibility index (Phi) is 5.27. The largest absolute Gasteiger partial charge is 0.322 e. The lowest BCUT2D eigenvalue weighted by Gasteiger charge is -2.12. The average Bonchev–Trinajstić information content (AvgIpc) is 2.70. The highest BCUT2D eigenvalue weighted by molar-refractivity contribution is 7.99. The van der Waals surface area contributed by atoms with Gasteiger partial charge in [-0.3, -0.25) is 9.78 Å². The minimum atomic E-state index is -0.159. The molecule has 0 aliphatic rings. The summed E-state index contributed by atoms with van der Waals surface area (Å²) in [5.41, 5.74) is 5.08. The van der Waals surface area contributed by atoms with Gasteiger partial charge in [0.05, 0.1) is 16.8 Å². The smallest absolute Gasteiger partial charge is 0.257 e. The van der Waals surface area contributed by atoms with Crippen molar-refractivity contribution in [2.75, 3.05) is 5.32 Å². The molecule has 0 spiro atoms. The first kappa shape index (κ1) is 19.1. The number of nitrogens with one attached hydrogen (secondary N) is 1. The van der Waals surface area contributed by atoms with Crippen LogP contribution in [-0.4, -0.2) is 20.9 Å². The van der Waals surface area contributed by atoms with E-state index in [0.717, 1.165) is 32.6 Å². The molecule has 1 N–H and O–H groups in total. The minimum Gasteiger partial charge on any atom is -0.322 e. The van der Waals surface area contributed by atoms with Gasteiger partial charge in [-0.25, -0.2) is 9.97 Å². The fraction of sp³-hybridized carbons (Fsp3) is 0.130. The fourth-order valence-corrected chi connectivity index (χ4v) is 3.90. The Morgan fingerprint density at radius 3 is 2.52 bits per heavy atom. The third kappa shape index (κ3) is 4.27. The van der Waals surface area contributed by atoms with E-state index in [4.69, 9.17) is 0 Å². The van der Waals surface area contributed by atoms with Crippen molar-refractivity contribution in [3.63, 3.8) is 0 Å². The van der Waals surface area contributed by atoms with E-state index in [0.29, 0.717) is 16.4 Å². The maximum absolute atomic E-state index is 12.9. The number of amides is 1. The van der Waals surface area contributed by atoms with Gasteiger partial charge in [0.1, 0.15) is 0 Å². The molecular weight excluding hydrogens is 380 g/mol. The number of aryl methyl sites for hydroxylation is 3. The Balaban J connectivity index is 1.56. The minimum absolute atomic E-state index is 0.159. The maximum atomic E-state index is 12.9. The molecule has 0 aliphatic heterocycles. The molecule has 2 heterocycles. The normalized spacial score (nSPS) is 10.9. The molecule has 2 aromatic carbocycles. The molecule has 0 radical (unpaired) electrons. The predicted molar refractivity (Wildman–Crippen MR) is 117 cm³/mol. The molecule has 6 heteroatoms. The summed E-state index contributed by atoms with van der Waals surface area (Å²) in [6.07, 6.45) is 3.44. The number of aromatic nitrogens is 3. The molecule has 2 aromatic heterocycles. The van der Waals surface area contributed by atoms with Gasteiger partial charge in [0.25, 0.3) is 5.91 Å². The van der Waals surface area contributed by atoms with Crippen molar-refractivity contribution in [1.29, 1.82) is 0 Å². The van der Waals surface area contributed by atoms with Crippen molar-refractivity contribution in [2.45, 2.75) is 30.8 Å². The second-order valence-corrected chi connectivity index (χ2v) is 7.92. The molecule has 29 heavy (non-hydrogen) atoms. The van der Waals surface area contributed by atoms with Crippen LogP contribution >= 0.6 is 11.8 Å². The molecular formula is C23H20N4OS. The summed E-state index contributed by atoms with van der Waals surface area (Å²) >= 11 is 1.49. The van der Waals surface area contributed by atoms with E-state index in [1.165, 1.54) is 11.8 Å². The van der Waals surface area contributed by atoms with Crippen molar-refractivity contribution in [2.24, 2.45) is 0 Å². The van der Waals surface area contributed by atoms with Gasteiger partial charge in [0, 0.05) is 28.4 Å². The van der Waals surface area contributed by atoms with Crippen LogP contribution in [0, 0.1) is 20.8 Å². The van der Waals surface area contributed by atoms with Gasteiger partial charge in [-0.1, -0.05) is 11.6 Å². The number of fused-ring (bicyclic) bond motifs is 1. The quantitative estimate of drug-likeness (QED) is 0.468. The van der Waals surface area contributed by atoms with E-state index in [1.54, 1.807) is 18.5 Å². The van der Waals surface area contributed by atoms with Crippen molar-refractivity contribution in [1.82, 2.24) is 15.0 Å². The lowest BCUT2D eigenvalue weighted by molar-refractivity contribution is 0.102. The standard InChI is InChI=1S/C23H20N4OS/c1-14-5-7-21-17(11-14)13-19(16(3)26-21)22(28)27-20-8-6-18(12-15(20)2)29-23-24-9-4-10-25-23/h4-13H,1-3H3,(H,27,28). The average molecular weight is 401 g/mol. The highest BCUT2D eigenvalue weighted by atomic mass is 32.2. The number of hydrogen-bond acceptors (Lipinski definition) is 5. The third-order valence-electron chi connectivity index (χ3n) is 4.60. The Morgan fingerprint density at radius 1 is 0.966 bits per heavy atom. The van der Waals surface area contributed by atoms with E-state index in [9.17, 15) is 4.79 Å². The van der Waals surface area contributed by atoms with Crippen LogP contribution in [0.25, 0.3) is 10.9 Å².